The lowest BCUT2D eigenvalue weighted by molar-refractivity contribution is -0.140. The summed E-state index contributed by atoms with van der Waals surface area (Å²) >= 11 is 1.30. The molecule has 0 aliphatic carbocycles. The number of carbonyl (C=O) groups excluding carboxylic acids is 1. The van der Waals surface area contributed by atoms with Crippen LogP contribution in [0.5, 0.6) is 0 Å². The normalized spacial score (nSPS) is 12.4. The summed E-state index contributed by atoms with van der Waals surface area (Å²) in [5, 5.41) is 13.7. The maximum absolute atomic E-state index is 11.8. The first-order valence-electron chi connectivity index (χ1n) is 5.42. The molecular weight excluding hydrogens is 256 g/mol. The number of rotatable bonds is 6. The number of nitrogens with one attached hydrogen (secondary N) is 1. The van der Waals surface area contributed by atoms with Gasteiger partial charge in [0.05, 0.1) is 6.61 Å². The molecule has 2 N–H and O–H groups in total. The van der Waals surface area contributed by atoms with E-state index < -0.39 is 17.9 Å². The Morgan fingerprint density at radius 1 is 1.56 bits per heavy atom. The van der Waals surface area contributed by atoms with E-state index in [9.17, 15) is 9.59 Å². The van der Waals surface area contributed by atoms with E-state index in [0.29, 0.717) is 11.6 Å². The van der Waals surface area contributed by atoms with Gasteiger partial charge in [0.2, 0.25) is 0 Å². The molecule has 0 aromatic carbocycles. The summed E-state index contributed by atoms with van der Waals surface area (Å²) in [5.41, 5.74) is 0.221. The highest BCUT2D eigenvalue weighted by atomic mass is 32.1. The first-order chi connectivity index (χ1) is 8.45. The lowest BCUT2D eigenvalue weighted by atomic mass is 10.0. The van der Waals surface area contributed by atoms with Crippen LogP contribution in [0.4, 0.5) is 0 Å². The third kappa shape index (κ3) is 3.78. The zero-order valence-electron chi connectivity index (χ0n) is 10.5. The molecule has 100 valence electrons. The second-order valence-corrected chi connectivity index (χ2v) is 5.04. The van der Waals surface area contributed by atoms with Crippen LogP contribution in [0.2, 0.25) is 0 Å². The van der Waals surface area contributed by atoms with Crippen LogP contribution in [-0.2, 0) is 16.1 Å². The summed E-state index contributed by atoms with van der Waals surface area (Å²) in [6.07, 6.45) is 0. The third-order valence-corrected chi connectivity index (χ3v) is 3.09. The van der Waals surface area contributed by atoms with E-state index in [0.717, 1.165) is 0 Å². The van der Waals surface area contributed by atoms with Gasteiger partial charge in [-0.15, -0.1) is 11.3 Å². The molecule has 1 amide bonds. The molecule has 0 fully saturated rings. The van der Waals surface area contributed by atoms with Crippen molar-refractivity contribution in [3.63, 3.8) is 0 Å². The number of thiazole rings is 1. The molecular formula is C11H16N2O4S. The molecule has 0 aliphatic heterocycles. The summed E-state index contributed by atoms with van der Waals surface area (Å²) < 4.78 is 4.90. The monoisotopic (exact) mass is 272 g/mol. The van der Waals surface area contributed by atoms with E-state index in [1.54, 1.807) is 26.3 Å². The summed E-state index contributed by atoms with van der Waals surface area (Å²) in [6.45, 7) is 3.80. The minimum atomic E-state index is -1.05. The zero-order chi connectivity index (χ0) is 13.7. The number of hydrogen-bond acceptors (Lipinski definition) is 5. The van der Waals surface area contributed by atoms with E-state index in [-0.39, 0.29) is 11.6 Å². The van der Waals surface area contributed by atoms with Crippen molar-refractivity contribution in [2.75, 3.05) is 7.11 Å². The first kappa shape index (κ1) is 14.6. The summed E-state index contributed by atoms with van der Waals surface area (Å²) in [4.78, 5) is 26.8. The van der Waals surface area contributed by atoms with Crippen LogP contribution in [0.1, 0.15) is 29.3 Å². The van der Waals surface area contributed by atoms with E-state index in [1.807, 2.05) is 0 Å². The predicted octanol–water partition coefficient (Wildman–Crippen LogP) is 1.13. The van der Waals surface area contributed by atoms with Crippen molar-refractivity contribution < 1.29 is 19.4 Å². The summed E-state index contributed by atoms with van der Waals surface area (Å²) in [5.74, 6) is -1.72. The van der Waals surface area contributed by atoms with Crippen LogP contribution in [-0.4, -0.2) is 35.1 Å². The Labute approximate surface area is 109 Å². The molecule has 1 rings (SSSR count). The second kappa shape index (κ2) is 6.46. The number of amides is 1. The van der Waals surface area contributed by atoms with Gasteiger partial charge in [-0.2, -0.15) is 0 Å². The predicted molar refractivity (Wildman–Crippen MR) is 66.6 cm³/mol. The largest absolute Gasteiger partial charge is 0.480 e. The number of ether oxygens (including phenoxy) is 1. The molecule has 1 aromatic heterocycles. The molecule has 1 aromatic rings. The highest BCUT2D eigenvalue weighted by molar-refractivity contribution is 7.09. The van der Waals surface area contributed by atoms with Gasteiger partial charge < -0.3 is 15.2 Å². The Morgan fingerprint density at radius 2 is 2.22 bits per heavy atom. The maximum Gasteiger partial charge on any atom is 0.326 e. The molecule has 0 aliphatic rings. The van der Waals surface area contributed by atoms with Crippen molar-refractivity contribution in [1.82, 2.24) is 10.3 Å². The Balaban J connectivity index is 2.71. The number of carboxylic acids is 1. The molecule has 18 heavy (non-hydrogen) atoms. The van der Waals surface area contributed by atoms with Crippen molar-refractivity contribution in [3.05, 3.63) is 16.1 Å². The van der Waals surface area contributed by atoms with Gasteiger partial charge in [0, 0.05) is 12.5 Å². The van der Waals surface area contributed by atoms with Crippen LogP contribution >= 0.6 is 11.3 Å². The molecule has 0 spiro atoms. The van der Waals surface area contributed by atoms with Crippen molar-refractivity contribution in [2.45, 2.75) is 26.5 Å². The van der Waals surface area contributed by atoms with Gasteiger partial charge in [0.1, 0.15) is 16.7 Å². The van der Waals surface area contributed by atoms with Gasteiger partial charge >= 0.3 is 5.97 Å². The standard InChI is InChI=1S/C11H16N2O4S/c1-6(2)9(11(15)16)13-10(14)7-5-18-8(12-7)4-17-3/h5-6,9H,4H2,1-3H3,(H,13,14)(H,15,16)/t9-/m0/s1. The second-order valence-electron chi connectivity index (χ2n) is 4.09. The Hall–Kier alpha value is -1.47. The fourth-order valence-corrected chi connectivity index (χ4v) is 2.08. The number of aromatic nitrogens is 1. The van der Waals surface area contributed by atoms with Gasteiger partial charge in [-0.05, 0) is 5.92 Å². The Morgan fingerprint density at radius 3 is 2.72 bits per heavy atom. The van der Waals surface area contributed by atoms with Gasteiger partial charge in [-0.3, -0.25) is 4.79 Å². The number of carbonyl (C=O) groups is 2. The molecule has 0 unspecified atom stereocenters. The number of hydrogen-bond donors (Lipinski definition) is 2. The molecule has 1 heterocycles. The number of nitrogens with zero attached hydrogens (tertiary/aromatic N) is 1. The molecule has 0 saturated carbocycles. The van der Waals surface area contributed by atoms with Gasteiger partial charge in [0.25, 0.3) is 5.91 Å². The van der Waals surface area contributed by atoms with Crippen molar-refractivity contribution >= 4 is 23.2 Å². The fourth-order valence-electron chi connectivity index (χ4n) is 1.33. The van der Waals surface area contributed by atoms with Gasteiger partial charge in [-0.1, -0.05) is 13.8 Å². The van der Waals surface area contributed by atoms with Crippen LogP contribution in [0.3, 0.4) is 0 Å². The summed E-state index contributed by atoms with van der Waals surface area (Å²) in [6, 6.07) is -0.912. The van der Waals surface area contributed by atoms with E-state index >= 15 is 0 Å². The Bertz CT molecular complexity index is 430. The summed E-state index contributed by atoms with van der Waals surface area (Å²) in [7, 11) is 1.54. The number of aliphatic carboxylic acids is 1. The highest BCUT2D eigenvalue weighted by Gasteiger charge is 2.24. The maximum atomic E-state index is 11.8. The minimum Gasteiger partial charge on any atom is -0.480 e. The van der Waals surface area contributed by atoms with Crippen molar-refractivity contribution in [2.24, 2.45) is 5.92 Å². The molecule has 1 atom stereocenters. The van der Waals surface area contributed by atoms with Crippen LogP contribution < -0.4 is 5.32 Å². The fraction of sp³-hybridized carbons (Fsp3) is 0.545. The highest BCUT2D eigenvalue weighted by Crippen LogP contribution is 2.11. The van der Waals surface area contributed by atoms with Crippen molar-refractivity contribution in [1.29, 1.82) is 0 Å². The number of methoxy groups -OCH3 is 1. The smallest absolute Gasteiger partial charge is 0.326 e. The van der Waals surface area contributed by atoms with E-state index in [1.165, 1.54) is 11.3 Å². The third-order valence-electron chi connectivity index (χ3n) is 2.27. The molecule has 7 heteroatoms. The first-order valence-corrected chi connectivity index (χ1v) is 6.30. The minimum absolute atomic E-state index is 0.191. The molecule has 0 bridgehead atoms. The zero-order valence-corrected chi connectivity index (χ0v) is 11.3. The van der Waals surface area contributed by atoms with E-state index in [4.69, 9.17) is 9.84 Å². The van der Waals surface area contributed by atoms with Crippen LogP contribution in [0, 0.1) is 5.92 Å². The lowest BCUT2D eigenvalue weighted by Crippen LogP contribution is -2.44. The Kier molecular flexibility index (Phi) is 5.24. The molecule has 6 nitrogen and oxygen atoms in total. The molecule has 0 radical (unpaired) electrons. The topological polar surface area (TPSA) is 88.5 Å². The average Bonchev–Trinajstić information content (AvgIpc) is 2.73. The lowest BCUT2D eigenvalue weighted by Gasteiger charge is -2.16. The van der Waals surface area contributed by atoms with Crippen LogP contribution in [0.15, 0.2) is 5.38 Å². The molecule has 0 saturated heterocycles. The quantitative estimate of drug-likeness (QED) is 0.810. The van der Waals surface area contributed by atoms with E-state index in [2.05, 4.69) is 10.3 Å². The number of carboxylic acid groups (broad SMARTS) is 1. The van der Waals surface area contributed by atoms with Crippen LogP contribution in [0.25, 0.3) is 0 Å². The van der Waals surface area contributed by atoms with Crippen molar-refractivity contribution in [3.8, 4) is 0 Å². The van der Waals surface area contributed by atoms with Gasteiger partial charge in [0.15, 0.2) is 0 Å². The van der Waals surface area contributed by atoms with Gasteiger partial charge in [-0.25, -0.2) is 9.78 Å². The average molecular weight is 272 g/mol. The SMILES string of the molecule is COCc1nc(C(=O)N[C@H](C(=O)O)C(C)C)cs1.